The molecule has 0 aliphatic rings. The molecule has 0 atom stereocenters. The summed E-state index contributed by atoms with van der Waals surface area (Å²) in [6.07, 6.45) is 1.42. The number of rotatable bonds is 5. The molecule has 0 unspecified atom stereocenters. The van der Waals surface area contributed by atoms with Crippen molar-refractivity contribution in [2.45, 2.75) is 5.03 Å². The zero-order valence-electron chi connectivity index (χ0n) is 14.2. The highest BCUT2D eigenvalue weighted by molar-refractivity contribution is 8.00. The van der Waals surface area contributed by atoms with Gasteiger partial charge >= 0.3 is 0 Å². The predicted octanol–water partition coefficient (Wildman–Crippen LogP) is 4.76. The molecule has 2 heterocycles. The maximum atomic E-state index is 13.2. The van der Waals surface area contributed by atoms with Crippen LogP contribution in [0.25, 0.3) is 21.5 Å². The molecule has 0 saturated heterocycles. The number of hydrogen-bond acceptors (Lipinski definition) is 6. The first-order chi connectivity index (χ1) is 13.6. The van der Waals surface area contributed by atoms with Crippen LogP contribution in [0.3, 0.4) is 0 Å². The number of hydrogen-bond donors (Lipinski definition) is 1. The lowest BCUT2D eigenvalue weighted by atomic mass is 10.1. The smallest absolute Gasteiger partial charge is 0.234 e. The van der Waals surface area contributed by atoms with Gasteiger partial charge in [-0.15, -0.1) is 0 Å². The Labute approximate surface area is 167 Å². The number of aromatic nitrogens is 3. The molecule has 1 N–H and O–H groups in total. The Morgan fingerprint density at radius 1 is 1.00 bits per heavy atom. The van der Waals surface area contributed by atoms with E-state index in [0.717, 1.165) is 10.3 Å². The van der Waals surface area contributed by atoms with Crippen LogP contribution in [0.4, 0.5) is 14.5 Å². The molecule has 2 aromatic heterocycles. The Hall–Kier alpha value is -2.91. The molecule has 2 aromatic carbocycles. The van der Waals surface area contributed by atoms with Crippen molar-refractivity contribution >= 4 is 45.1 Å². The summed E-state index contributed by atoms with van der Waals surface area (Å²) in [5.74, 6) is -0.779. The Morgan fingerprint density at radius 2 is 1.68 bits per heavy atom. The van der Waals surface area contributed by atoms with Gasteiger partial charge in [-0.25, -0.2) is 18.7 Å². The predicted molar refractivity (Wildman–Crippen MR) is 106 cm³/mol. The molecule has 9 heteroatoms. The van der Waals surface area contributed by atoms with E-state index in [0.29, 0.717) is 21.9 Å². The van der Waals surface area contributed by atoms with E-state index in [-0.39, 0.29) is 23.3 Å². The minimum absolute atomic E-state index is 0.132. The van der Waals surface area contributed by atoms with Crippen molar-refractivity contribution in [2.24, 2.45) is 0 Å². The lowest BCUT2D eigenvalue weighted by Crippen LogP contribution is -2.14. The normalized spacial score (nSPS) is 10.9. The summed E-state index contributed by atoms with van der Waals surface area (Å²) >= 11 is 2.50. The number of carbonyl (C=O) groups is 1. The summed E-state index contributed by atoms with van der Waals surface area (Å²) in [5, 5.41) is 3.35. The van der Waals surface area contributed by atoms with Crippen LogP contribution in [0.5, 0.6) is 0 Å². The molecule has 0 aliphatic heterocycles. The molecule has 140 valence electrons. The molecule has 4 rings (SSSR count). The molecule has 1 amide bonds. The number of benzene rings is 2. The van der Waals surface area contributed by atoms with E-state index in [1.54, 1.807) is 12.1 Å². The largest absolute Gasteiger partial charge is 0.325 e. The van der Waals surface area contributed by atoms with Crippen LogP contribution in [0.1, 0.15) is 0 Å². The Bertz CT molecular complexity index is 1130. The summed E-state index contributed by atoms with van der Waals surface area (Å²) in [6.45, 7) is 0. The van der Waals surface area contributed by atoms with Crippen molar-refractivity contribution in [3.8, 4) is 11.3 Å². The van der Waals surface area contributed by atoms with Gasteiger partial charge in [0.15, 0.2) is 0 Å². The van der Waals surface area contributed by atoms with E-state index in [4.69, 9.17) is 0 Å². The Balaban J connectivity index is 1.50. The van der Waals surface area contributed by atoms with Crippen LogP contribution >= 0.6 is 23.3 Å². The molecule has 0 radical (unpaired) electrons. The molecular formula is C19H12F2N4OS2. The van der Waals surface area contributed by atoms with Crippen LogP contribution in [0, 0.1) is 11.6 Å². The van der Waals surface area contributed by atoms with Gasteiger partial charge in [0.05, 0.1) is 5.75 Å². The van der Waals surface area contributed by atoms with E-state index in [1.807, 2.05) is 0 Å². The first-order valence-electron chi connectivity index (χ1n) is 8.15. The SMILES string of the molecule is O=C(CSc1ncnc2c(-c3ccc(F)cc3)nsc12)Nc1ccc(F)cc1. The molecule has 0 fully saturated rings. The monoisotopic (exact) mass is 414 g/mol. The zero-order valence-corrected chi connectivity index (χ0v) is 15.9. The third kappa shape index (κ3) is 4.00. The lowest BCUT2D eigenvalue weighted by Gasteiger charge is -2.05. The van der Waals surface area contributed by atoms with Gasteiger partial charge in [0.25, 0.3) is 0 Å². The second-order valence-electron chi connectivity index (χ2n) is 5.74. The fourth-order valence-corrected chi connectivity index (χ4v) is 4.23. The number of nitrogens with one attached hydrogen (secondary N) is 1. The zero-order chi connectivity index (χ0) is 19.5. The van der Waals surface area contributed by atoms with E-state index < -0.39 is 0 Å². The van der Waals surface area contributed by atoms with Gasteiger partial charge < -0.3 is 5.32 Å². The third-order valence-corrected chi connectivity index (χ3v) is 5.77. The van der Waals surface area contributed by atoms with Gasteiger partial charge in [-0.05, 0) is 60.1 Å². The second-order valence-corrected chi connectivity index (χ2v) is 7.48. The molecule has 4 aromatic rings. The minimum Gasteiger partial charge on any atom is -0.325 e. The van der Waals surface area contributed by atoms with Gasteiger partial charge in [-0.1, -0.05) is 11.8 Å². The molecular weight excluding hydrogens is 402 g/mol. The maximum absolute atomic E-state index is 13.2. The van der Waals surface area contributed by atoms with Crippen molar-refractivity contribution in [3.05, 3.63) is 66.5 Å². The first kappa shape index (κ1) is 18.5. The van der Waals surface area contributed by atoms with Crippen LogP contribution in [0.15, 0.2) is 59.9 Å². The number of halogens is 2. The number of amides is 1. The highest BCUT2D eigenvalue weighted by Crippen LogP contribution is 2.34. The fourth-order valence-electron chi connectivity index (χ4n) is 2.51. The molecule has 28 heavy (non-hydrogen) atoms. The average molecular weight is 414 g/mol. The number of anilines is 1. The van der Waals surface area contributed by atoms with E-state index in [9.17, 15) is 13.6 Å². The lowest BCUT2D eigenvalue weighted by molar-refractivity contribution is -0.113. The van der Waals surface area contributed by atoms with Crippen molar-refractivity contribution in [2.75, 3.05) is 11.1 Å². The molecule has 0 bridgehead atoms. The van der Waals surface area contributed by atoms with Crippen LogP contribution < -0.4 is 5.32 Å². The van der Waals surface area contributed by atoms with Crippen LogP contribution in [-0.2, 0) is 4.79 Å². The molecule has 0 saturated carbocycles. The molecule has 5 nitrogen and oxygen atoms in total. The quantitative estimate of drug-likeness (QED) is 0.377. The van der Waals surface area contributed by atoms with Crippen molar-refractivity contribution < 1.29 is 13.6 Å². The topological polar surface area (TPSA) is 67.8 Å². The van der Waals surface area contributed by atoms with Gasteiger partial charge in [0, 0.05) is 11.3 Å². The summed E-state index contributed by atoms with van der Waals surface area (Å²) in [7, 11) is 0. The summed E-state index contributed by atoms with van der Waals surface area (Å²) in [6, 6.07) is 11.6. The highest BCUT2D eigenvalue weighted by Gasteiger charge is 2.15. The summed E-state index contributed by atoms with van der Waals surface area (Å²) < 4.78 is 31.3. The number of carbonyl (C=O) groups excluding carboxylic acids is 1. The Morgan fingerprint density at radius 3 is 2.39 bits per heavy atom. The first-order valence-corrected chi connectivity index (χ1v) is 9.90. The van der Waals surface area contributed by atoms with Gasteiger partial charge in [-0.2, -0.15) is 4.37 Å². The highest BCUT2D eigenvalue weighted by atomic mass is 32.2. The minimum atomic E-state index is -0.363. The Kier molecular flexibility index (Phi) is 5.27. The van der Waals surface area contributed by atoms with Crippen LogP contribution in [0.2, 0.25) is 0 Å². The van der Waals surface area contributed by atoms with Gasteiger partial charge in [0.2, 0.25) is 5.91 Å². The number of nitrogens with zero attached hydrogens (tertiary/aromatic N) is 3. The standard InChI is InChI=1S/C19H12F2N4OS2/c20-12-3-1-11(2-4-12)16-17-18(28-25-16)19(23-10-22-17)27-9-15(26)24-14-7-5-13(21)6-8-14/h1-8,10H,9H2,(H,24,26). The van der Waals surface area contributed by atoms with Gasteiger partial charge in [0.1, 0.15) is 38.9 Å². The second kappa shape index (κ2) is 7.99. The van der Waals surface area contributed by atoms with Crippen molar-refractivity contribution in [3.63, 3.8) is 0 Å². The summed E-state index contributed by atoms with van der Waals surface area (Å²) in [5.41, 5.74) is 2.60. The fraction of sp³-hybridized carbons (Fsp3) is 0.0526. The van der Waals surface area contributed by atoms with Crippen LogP contribution in [-0.4, -0.2) is 26.0 Å². The van der Waals surface area contributed by atoms with E-state index in [2.05, 4.69) is 19.7 Å². The summed E-state index contributed by atoms with van der Waals surface area (Å²) in [4.78, 5) is 20.7. The number of fused-ring (bicyclic) bond motifs is 1. The van der Waals surface area contributed by atoms with Crippen molar-refractivity contribution in [1.29, 1.82) is 0 Å². The maximum Gasteiger partial charge on any atom is 0.234 e. The molecule has 0 spiro atoms. The number of thioether (sulfide) groups is 1. The average Bonchev–Trinajstić information content (AvgIpc) is 3.13. The molecule has 0 aliphatic carbocycles. The van der Waals surface area contributed by atoms with E-state index >= 15 is 0 Å². The van der Waals surface area contributed by atoms with Crippen molar-refractivity contribution in [1.82, 2.24) is 14.3 Å². The van der Waals surface area contributed by atoms with Gasteiger partial charge in [-0.3, -0.25) is 4.79 Å². The van der Waals surface area contributed by atoms with E-state index in [1.165, 1.54) is 66.0 Å². The third-order valence-electron chi connectivity index (χ3n) is 3.81.